The molecule has 1 unspecified atom stereocenters. The third-order valence-electron chi connectivity index (χ3n) is 3.88. The summed E-state index contributed by atoms with van der Waals surface area (Å²) in [6.45, 7) is 8.80. The third kappa shape index (κ3) is 3.67. The first kappa shape index (κ1) is 13.8. The second-order valence-corrected chi connectivity index (χ2v) is 5.90. The van der Waals surface area contributed by atoms with Crippen molar-refractivity contribution in [1.29, 1.82) is 0 Å². The van der Waals surface area contributed by atoms with Gasteiger partial charge in [-0.15, -0.1) is 0 Å². The Balaban J connectivity index is 1.75. The summed E-state index contributed by atoms with van der Waals surface area (Å²) >= 11 is 0. The lowest BCUT2D eigenvalue weighted by atomic mass is 9.89. The Morgan fingerprint density at radius 2 is 2.17 bits per heavy atom. The van der Waals surface area contributed by atoms with Gasteiger partial charge in [-0.25, -0.2) is 0 Å². The molecule has 18 heavy (non-hydrogen) atoms. The average Bonchev–Trinajstić information content (AvgIpc) is 2.76. The second kappa shape index (κ2) is 5.99. The first-order valence-corrected chi connectivity index (χ1v) is 6.84. The average molecular weight is 255 g/mol. The number of nitrogens with one attached hydrogen (secondary N) is 1. The summed E-state index contributed by atoms with van der Waals surface area (Å²) in [4.78, 5) is 16.2. The van der Waals surface area contributed by atoms with Gasteiger partial charge in [-0.2, -0.15) is 0 Å². The minimum atomic E-state index is 0.232. The summed E-state index contributed by atoms with van der Waals surface area (Å²) in [6, 6.07) is 0. The molecule has 2 aliphatic heterocycles. The first-order chi connectivity index (χ1) is 8.59. The Kier molecular flexibility index (Phi) is 4.59. The molecule has 2 rings (SSSR count). The molecule has 1 atom stereocenters. The van der Waals surface area contributed by atoms with Crippen LogP contribution in [-0.4, -0.2) is 75.2 Å². The van der Waals surface area contributed by atoms with Gasteiger partial charge in [0, 0.05) is 26.2 Å². The van der Waals surface area contributed by atoms with Crippen LogP contribution < -0.4 is 5.32 Å². The van der Waals surface area contributed by atoms with Crippen LogP contribution in [0.25, 0.3) is 0 Å². The van der Waals surface area contributed by atoms with Crippen molar-refractivity contribution in [2.45, 2.75) is 13.3 Å². The maximum Gasteiger partial charge on any atom is 0.236 e. The molecular weight excluding hydrogens is 230 g/mol. The zero-order valence-electron chi connectivity index (χ0n) is 11.6. The summed E-state index contributed by atoms with van der Waals surface area (Å²) in [6.07, 6.45) is 1.20. The molecule has 0 aromatic rings. The van der Waals surface area contributed by atoms with Crippen LogP contribution in [0, 0.1) is 5.41 Å². The Hall–Kier alpha value is -0.650. The number of amides is 1. The zero-order chi connectivity index (χ0) is 13.0. The molecule has 2 fully saturated rings. The molecule has 0 radical (unpaired) electrons. The van der Waals surface area contributed by atoms with Gasteiger partial charge >= 0.3 is 0 Å². The van der Waals surface area contributed by atoms with Crippen molar-refractivity contribution >= 4 is 5.91 Å². The highest BCUT2D eigenvalue weighted by atomic mass is 16.5. The van der Waals surface area contributed by atoms with Gasteiger partial charge in [0.1, 0.15) is 0 Å². The van der Waals surface area contributed by atoms with Crippen molar-refractivity contribution < 1.29 is 9.53 Å². The fourth-order valence-corrected chi connectivity index (χ4v) is 2.85. The van der Waals surface area contributed by atoms with Crippen LogP contribution in [0.15, 0.2) is 0 Å². The van der Waals surface area contributed by atoms with E-state index in [1.165, 1.54) is 6.42 Å². The Morgan fingerprint density at radius 3 is 2.78 bits per heavy atom. The highest BCUT2D eigenvalue weighted by Gasteiger charge is 2.30. The highest BCUT2D eigenvalue weighted by Crippen LogP contribution is 2.25. The Bertz CT molecular complexity index is 284. The van der Waals surface area contributed by atoms with Gasteiger partial charge in [-0.05, 0) is 25.4 Å². The van der Waals surface area contributed by atoms with Crippen molar-refractivity contribution in [3.05, 3.63) is 0 Å². The lowest BCUT2D eigenvalue weighted by Crippen LogP contribution is -2.46. The lowest BCUT2D eigenvalue weighted by molar-refractivity contribution is -0.136. The van der Waals surface area contributed by atoms with Crippen molar-refractivity contribution in [1.82, 2.24) is 15.1 Å². The maximum atomic E-state index is 12.1. The van der Waals surface area contributed by atoms with E-state index >= 15 is 0 Å². The van der Waals surface area contributed by atoms with Crippen LogP contribution in [0.3, 0.4) is 0 Å². The van der Waals surface area contributed by atoms with E-state index in [2.05, 4.69) is 17.1 Å². The molecule has 2 aliphatic rings. The van der Waals surface area contributed by atoms with E-state index < -0.39 is 0 Å². The van der Waals surface area contributed by atoms with Gasteiger partial charge in [-0.1, -0.05) is 6.92 Å². The number of morpholine rings is 1. The number of hydrogen-bond donors (Lipinski definition) is 1. The van der Waals surface area contributed by atoms with E-state index in [-0.39, 0.29) is 5.91 Å². The number of nitrogens with zero attached hydrogens (tertiary/aromatic N) is 2. The van der Waals surface area contributed by atoms with Gasteiger partial charge < -0.3 is 15.0 Å². The van der Waals surface area contributed by atoms with E-state index in [9.17, 15) is 4.79 Å². The molecule has 0 saturated carbocycles. The van der Waals surface area contributed by atoms with Crippen LogP contribution in [-0.2, 0) is 9.53 Å². The number of ether oxygens (including phenoxy) is 1. The van der Waals surface area contributed by atoms with Crippen molar-refractivity contribution in [3.8, 4) is 0 Å². The smallest absolute Gasteiger partial charge is 0.236 e. The number of rotatable bonds is 4. The topological polar surface area (TPSA) is 44.8 Å². The van der Waals surface area contributed by atoms with Gasteiger partial charge in [0.05, 0.1) is 19.8 Å². The first-order valence-electron chi connectivity index (χ1n) is 6.84. The van der Waals surface area contributed by atoms with E-state index in [0.717, 1.165) is 32.7 Å². The van der Waals surface area contributed by atoms with E-state index in [1.54, 1.807) is 0 Å². The van der Waals surface area contributed by atoms with Gasteiger partial charge in [0.15, 0.2) is 0 Å². The summed E-state index contributed by atoms with van der Waals surface area (Å²) in [5.41, 5.74) is 0.319. The molecule has 2 heterocycles. The summed E-state index contributed by atoms with van der Waals surface area (Å²) in [7, 11) is 2.04. The molecule has 5 nitrogen and oxygen atoms in total. The fourth-order valence-electron chi connectivity index (χ4n) is 2.85. The van der Waals surface area contributed by atoms with Crippen molar-refractivity contribution in [3.63, 3.8) is 0 Å². The molecule has 2 saturated heterocycles. The lowest BCUT2D eigenvalue weighted by Gasteiger charge is -2.32. The number of likely N-dealkylation sites (N-methyl/N-ethyl adjacent to an activating group) is 1. The molecule has 0 aromatic carbocycles. The van der Waals surface area contributed by atoms with Crippen LogP contribution in [0.5, 0.6) is 0 Å². The normalized spacial score (nSPS) is 28.9. The molecular formula is C13H25N3O2. The molecule has 1 amide bonds. The summed E-state index contributed by atoms with van der Waals surface area (Å²) < 4.78 is 5.26. The Labute approximate surface area is 109 Å². The maximum absolute atomic E-state index is 12.1. The van der Waals surface area contributed by atoms with Gasteiger partial charge in [0.25, 0.3) is 0 Å². The van der Waals surface area contributed by atoms with Crippen LogP contribution in [0.2, 0.25) is 0 Å². The molecule has 0 aromatic heterocycles. The monoisotopic (exact) mass is 255 g/mol. The minimum absolute atomic E-state index is 0.232. The zero-order valence-corrected chi connectivity index (χ0v) is 11.6. The van der Waals surface area contributed by atoms with Crippen molar-refractivity contribution in [2.24, 2.45) is 5.41 Å². The van der Waals surface area contributed by atoms with E-state index in [1.807, 2.05) is 11.9 Å². The number of carbonyl (C=O) groups excluding carboxylic acids is 1. The predicted molar refractivity (Wildman–Crippen MR) is 70.5 cm³/mol. The van der Waals surface area contributed by atoms with E-state index in [4.69, 9.17) is 4.74 Å². The molecule has 1 N–H and O–H groups in total. The van der Waals surface area contributed by atoms with E-state index in [0.29, 0.717) is 25.2 Å². The number of hydrogen-bond acceptors (Lipinski definition) is 4. The van der Waals surface area contributed by atoms with Crippen LogP contribution >= 0.6 is 0 Å². The molecule has 5 heteroatoms. The fraction of sp³-hybridized carbons (Fsp3) is 0.923. The predicted octanol–water partition coefficient (Wildman–Crippen LogP) is -0.223. The molecule has 0 bridgehead atoms. The molecule has 104 valence electrons. The third-order valence-corrected chi connectivity index (χ3v) is 3.88. The van der Waals surface area contributed by atoms with Gasteiger partial charge in [-0.3, -0.25) is 9.69 Å². The summed E-state index contributed by atoms with van der Waals surface area (Å²) in [5.74, 6) is 0.232. The minimum Gasteiger partial charge on any atom is -0.378 e. The quantitative estimate of drug-likeness (QED) is 0.754. The van der Waals surface area contributed by atoms with Crippen LogP contribution in [0.4, 0.5) is 0 Å². The Morgan fingerprint density at radius 1 is 1.44 bits per heavy atom. The molecule has 0 spiro atoms. The highest BCUT2D eigenvalue weighted by molar-refractivity contribution is 5.78. The largest absolute Gasteiger partial charge is 0.378 e. The van der Waals surface area contributed by atoms with Crippen LogP contribution in [0.1, 0.15) is 13.3 Å². The summed E-state index contributed by atoms with van der Waals surface area (Å²) in [5, 5.41) is 3.40. The SMILES string of the molecule is CN(CC(=O)N1CCOCC1)CC1(C)CCNC1. The van der Waals surface area contributed by atoms with Crippen molar-refractivity contribution in [2.75, 3.05) is 59.5 Å². The van der Waals surface area contributed by atoms with Gasteiger partial charge in [0.2, 0.25) is 5.91 Å². The second-order valence-electron chi connectivity index (χ2n) is 5.90. The standard InChI is InChI=1S/C13H25N3O2/c1-13(3-4-14-10-13)11-15(2)9-12(17)16-5-7-18-8-6-16/h14H,3-11H2,1-2H3. The molecule has 0 aliphatic carbocycles. The number of carbonyl (C=O) groups is 1.